The summed E-state index contributed by atoms with van der Waals surface area (Å²) in [5, 5.41) is 4.11. The molecule has 0 spiro atoms. The monoisotopic (exact) mass is 247 g/mol. The Labute approximate surface area is 108 Å². The molecule has 2 aliphatic rings. The molecule has 0 aromatic carbocycles. The van der Waals surface area contributed by atoms with Crippen LogP contribution in [0.5, 0.6) is 0 Å². The second-order valence-corrected chi connectivity index (χ2v) is 5.66. The van der Waals surface area contributed by atoms with E-state index >= 15 is 0 Å². The first-order valence-electron chi connectivity index (χ1n) is 7.05. The molecule has 2 unspecified atom stereocenters. The highest BCUT2D eigenvalue weighted by Gasteiger charge is 2.36. The summed E-state index contributed by atoms with van der Waals surface area (Å²) in [6.07, 6.45) is 11.1. The topological polar surface area (TPSA) is 38.1 Å². The van der Waals surface area contributed by atoms with Gasteiger partial charge in [0.15, 0.2) is 0 Å². The van der Waals surface area contributed by atoms with Gasteiger partial charge in [0.25, 0.3) is 5.91 Å². The molecule has 2 atom stereocenters. The zero-order valence-electron chi connectivity index (χ0n) is 11.0. The van der Waals surface area contributed by atoms with Gasteiger partial charge in [0.2, 0.25) is 0 Å². The minimum Gasteiger partial charge on any atom is -0.335 e. The average molecular weight is 247 g/mol. The van der Waals surface area contributed by atoms with Crippen molar-refractivity contribution in [3.8, 4) is 0 Å². The van der Waals surface area contributed by atoms with Gasteiger partial charge in [-0.1, -0.05) is 12.8 Å². The summed E-state index contributed by atoms with van der Waals surface area (Å²) in [6, 6.07) is 0.486. The molecular weight excluding hydrogens is 226 g/mol. The third-order valence-electron chi connectivity index (χ3n) is 4.46. The summed E-state index contributed by atoms with van der Waals surface area (Å²) < 4.78 is 1.70. The molecule has 1 saturated carbocycles. The Bertz CT molecular complexity index is 438. The van der Waals surface area contributed by atoms with Gasteiger partial charge in [0, 0.05) is 25.8 Å². The molecule has 18 heavy (non-hydrogen) atoms. The largest absolute Gasteiger partial charge is 0.335 e. The van der Waals surface area contributed by atoms with Crippen molar-refractivity contribution in [2.45, 2.75) is 44.6 Å². The summed E-state index contributed by atoms with van der Waals surface area (Å²) in [7, 11) is 1.86. The quantitative estimate of drug-likeness (QED) is 0.763. The van der Waals surface area contributed by atoms with Crippen molar-refractivity contribution in [3.63, 3.8) is 0 Å². The number of carbonyl (C=O) groups is 1. The van der Waals surface area contributed by atoms with E-state index in [2.05, 4.69) is 10.00 Å². The molecule has 1 amide bonds. The lowest BCUT2D eigenvalue weighted by Crippen LogP contribution is -2.49. The Balaban J connectivity index is 1.79. The summed E-state index contributed by atoms with van der Waals surface area (Å²) >= 11 is 0. The van der Waals surface area contributed by atoms with Crippen molar-refractivity contribution < 1.29 is 4.79 Å². The highest BCUT2D eigenvalue weighted by Crippen LogP contribution is 2.35. The standard InChI is InChI=1S/C14H21N3O/c1-16-10-12(9-15-16)14(18)17-8-4-6-11-5-2-3-7-13(11)17/h9-11,13H,2-8H2,1H3. The van der Waals surface area contributed by atoms with Gasteiger partial charge in [-0.3, -0.25) is 9.48 Å². The molecule has 0 radical (unpaired) electrons. The molecule has 1 aliphatic carbocycles. The number of fused-ring (bicyclic) bond motifs is 1. The fourth-order valence-electron chi connectivity index (χ4n) is 3.57. The minimum atomic E-state index is 0.180. The van der Waals surface area contributed by atoms with E-state index in [0.29, 0.717) is 6.04 Å². The molecule has 4 nitrogen and oxygen atoms in total. The highest BCUT2D eigenvalue weighted by molar-refractivity contribution is 5.94. The highest BCUT2D eigenvalue weighted by atomic mass is 16.2. The third kappa shape index (κ3) is 2.04. The van der Waals surface area contributed by atoms with Gasteiger partial charge in [-0.05, 0) is 31.6 Å². The smallest absolute Gasteiger partial charge is 0.257 e. The lowest BCUT2D eigenvalue weighted by molar-refractivity contribution is 0.0390. The second-order valence-electron chi connectivity index (χ2n) is 5.66. The fraction of sp³-hybridized carbons (Fsp3) is 0.714. The van der Waals surface area contributed by atoms with Gasteiger partial charge < -0.3 is 4.90 Å². The van der Waals surface area contributed by atoms with Crippen LogP contribution < -0.4 is 0 Å². The normalized spacial score (nSPS) is 27.9. The first-order valence-corrected chi connectivity index (χ1v) is 7.05. The number of amides is 1. The maximum atomic E-state index is 12.5. The predicted octanol–water partition coefficient (Wildman–Crippen LogP) is 2.21. The molecule has 0 N–H and O–H groups in total. The molecule has 1 saturated heterocycles. The number of nitrogens with zero attached hydrogens (tertiary/aromatic N) is 3. The number of hydrogen-bond donors (Lipinski definition) is 0. The lowest BCUT2D eigenvalue weighted by atomic mass is 9.78. The SMILES string of the molecule is Cn1cc(C(=O)N2CCCC3CCCCC32)cn1. The van der Waals surface area contributed by atoms with Crippen LogP contribution in [0, 0.1) is 5.92 Å². The summed E-state index contributed by atoms with van der Waals surface area (Å²) in [5.74, 6) is 0.924. The van der Waals surface area contributed by atoms with E-state index in [9.17, 15) is 4.79 Å². The van der Waals surface area contributed by atoms with Crippen LogP contribution in [-0.2, 0) is 7.05 Å². The first-order chi connectivity index (χ1) is 8.75. The maximum Gasteiger partial charge on any atom is 0.257 e. The van der Waals surface area contributed by atoms with Gasteiger partial charge in [-0.15, -0.1) is 0 Å². The van der Waals surface area contributed by atoms with Crippen LogP contribution >= 0.6 is 0 Å². The van der Waals surface area contributed by atoms with E-state index in [4.69, 9.17) is 0 Å². The van der Waals surface area contributed by atoms with Crippen molar-refractivity contribution in [1.82, 2.24) is 14.7 Å². The molecule has 1 aromatic rings. The van der Waals surface area contributed by atoms with Crippen LogP contribution in [0.1, 0.15) is 48.9 Å². The second kappa shape index (κ2) is 4.75. The number of rotatable bonds is 1. The number of piperidine rings is 1. The van der Waals surface area contributed by atoms with Gasteiger partial charge >= 0.3 is 0 Å². The van der Waals surface area contributed by atoms with Crippen molar-refractivity contribution in [2.24, 2.45) is 13.0 Å². The molecular formula is C14H21N3O. The zero-order valence-corrected chi connectivity index (χ0v) is 11.0. The Morgan fingerprint density at radius 3 is 2.83 bits per heavy atom. The number of carbonyl (C=O) groups excluding carboxylic acids is 1. The number of aryl methyl sites for hydroxylation is 1. The molecule has 4 heteroatoms. The fourth-order valence-corrected chi connectivity index (χ4v) is 3.57. The zero-order chi connectivity index (χ0) is 12.5. The van der Waals surface area contributed by atoms with Gasteiger partial charge in [-0.2, -0.15) is 5.10 Å². The van der Waals surface area contributed by atoms with E-state index < -0.39 is 0 Å². The van der Waals surface area contributed by atoms with E-state index in [1.54, 1.807) is 10.9 Å². The van der Waals surface area contributed by atoms with Crippen molar-refractivity contribution in [1.29, 1.82) is 0 Å². The van der Waals surface area contributed by atoms with Crippen molar-refractivity contribution in [3.05, 3.63) is 18.0 Å². The molecule has 1 aromatic heterocycles. The Morgan fingerprint density at radius 1 is 1.28 bits per heavy atom. The Hall–Kier alpha value is -1.32. The number of aromatic nitrogens is 2. The van der Waals surface area contributed by atoms with Crippen LogP contribution in [0.4, 0.5) is 0 Å². The van der Waals surface area contributed by atoms with Crippen molar-refractivity contribution in [2.75, 3.05) is 6.54 Å². The Kier molecular flexibility index (Phi) is 3.10. The average Bonchev–Trinajstić information content (AvgIpc) is 2.84. The first kappa shape index (κ1) is 11.8. The van der Waals surface area contributed by atoms with Gasteiger partial charge in [0.05, 0.1) is 11.8 Å². The molecule has 98 valence electrons. The third-order valence-corrected chi connectivity index (χ3v) is 4.46. The molecule has 0 bridgehead atoms. The lowest BCUT2D eigenvalue weighted by Gasteiger charge is -2.44. The number of hydrogen-bond acceptors (Lipinski definition) is 2. The molecule has 1 aliphatic heterocycles. The van der Waals surface area contributed by atoms with E-state index in [1.165, 1.54) is 32.1 Å². The van der Waals surface area contributed by atoms with Crippen LogP contribution in [0.2, 0.25) is 0 Å². The summed E-state index contributed by atoms with van der Waals surface area (Å²) in [4.78, 5) is 14.7. The van der Waals surface area contributed by atoms with Crippen LogP contribution in [0.3, 0.4) is 0 Å². The van der Waals surface area contributed by atoms with E-state index in [-0.39, 0.29) is 5.91 Å². The summed E-state index contributed by atoms with van der Waals surface area (Å²) in [5.41, 5.74) is 0.740. The maximum absolute atomic E-state index is 12.5. The molecule has 2 fully saturated rings. The summed E-state index contributed by atoms with van der Waals surface area (Å²) in [6.45, 7) is 0.925. The van der Waals surface area contributed by atoms with Crippen LogP contribution in [0.25, 0.3) is 0 Å². The van der Waals surface area contributed by atoms with Crippen LogP contribution in [-0.4, -0.2) is 33.2 Å². The number of likely N-dealkylation sites (tertiary alicyclic amines) is 1. The van der Waals surface area contributed by atoms with Gasteiger partial charge in [-0.25, -0.2) is 0 Å². The van der Waals surface area contributed by atoms with Crippen molar-refractivity contribution >= 4 is 5.91 Å². The van der Waals surface area contributed by atoms with Gasteiger partial charge in [0.1, 0.15) is 0 Å². The minimum absolute atomic E-state index is 0.180. The molecule has 3 rings (SSSR count). The van der Waals surface area contributed by atoms with E-state index in [1.807, 2.05) is 13.2 Å². The van der Waals surface area contributed by atoms with Crippen LogP contribution in [0.15, 0.2) is 12.4 Å². The Morgan fingerprint density at radius 2 is 2.06 bits per heavy atom. The molecule has 2 heterocycles. The predicted molar refractivity (Wildman–Crippen MR) is 69.2 cm³/mol. The van der Waals surface area contributed by atoms with E-state index in [0.717, 1.165) is 24.4 Å².